The van der Waals surface area contributed by atoms with Gasteiger partial charge in [0.2, 0.25) is 0 Å². The average Bonchev–Trinajstić information content (AvgIpc) is 3.09. The number of non-ortho nitro benzene ring substituents is 1. The lowest BCUT2D eigenvalue weighted by molar-refractivity contribution is -0.384. The van der Waals surface area contributed by atoms with Crippen LogP contribution in [0.15, 0.2) is 48.5 Å². The Bertz CT molecular complexity index is 984. The number of rotatable bonds is 8. The van der Waals surface area contributed by atoms with Gasteiger partial charge in [0, 0.05) is 24.2 Å². The van der Waals surface area contributed by atoms with Crippen molar-refractivity contribution in [3.63, 3.8) is 0 Å². The lowest BCUT2D eigenvalue weighted by atomic mass is 10.2. The fourth-order valence-corrected chi connectivity index (χ4v) is 3.53. The normalized spacial score (nSPS) is 10.6. The van der Waals surface area contributed by atoms with E-state index in [1.54, 1.807) is 11.3 Å². The molecule has 9 heteroatoms. The van der Waals surface area contributed by atoms with Crippen molar-refractivity contribution in [2.24, 2.45) is 0 Å². The number of carbonyl (C=O) groups excluding carboxylic acids is 2. The van der Waals surface area contributed by atoms with Crippen molar-refractivity contribution in [1.29, 1.82) is 0 Å². The van der Waals surface area contributed by atoms with E-state index in [0.29, 0.717) is 12.8 Å². The van der Waals surface area contributed by atoms with Crippen LogP contribution in [-0.2, 0) is 20.7 Å². The molecule has 0 saturated heterocycles. The standard InChI is InChI=1S/C19H17N3O5S/c23-17(20-13-5-3-6-14(11-13)22(25)26)12-27-19(24)10-4-9-18-21-15-7-1-2-8-16(15)28-18/h1-3,5-8,11H,4,9-10,12H2,(H,20,23). The maximum Gasteiger partial charge on any atom is 0.306 e. The molecule has 0 fully saturated rings. The molecule has 0 spiro atoms. The third-order valence-electron chi connectivity index (χ3n) is 3.81. The van der Waals surface area contributed by atoms with Crippen molar-refractivity contribution in [1.82, 2.24) is 4.98 Å². The summed E-state index contributed by atoms with van der Waals surface area (Å²) in [5.41, 5.74) is 1.08. The molecule has 0 radical (unpaired) electrons. The first-order valence-electron chi connectivity index (χ1n) is 8.55. The average molecular weight is 399 g/mol. The summed E-state index contributed by atoms with van der Waals surface area (Å²) < 4.78 is 6.06. The lowest BCUT2D eigenvalue weighted by Gasteiger charge is -2.06. The van der Waals surface area contributed by atoms with Gasteiger partial charge in [0.05, 0.1) is 20.1 Å². The Hall–Kier alpha value is -3.33. The predicted molar refractivity (Wildman–Crippen MR) is 105 cm³/mol. The van der Waals surface area contributed by atoms with Crippen molar-refractivity contribution in [3.05, 3.63) is 63.7 Å². The van der Waals surface area contributed by atoms with Gasteiger partial charge in [-0.05, 0) is 31.0 Å². The number of para-hydroxylation sites is 1. The van der Waals surface area contributed by atoms with Crippen molar-refractivity contribution < 1.29 is 19.2 Å². The molecule has 1 amide bonds. The topological polar surface area (TPSA) is 111 Å². The van der Waals surface area contributed by atoms with E-state index >= 15 is 0 Å². The number of fused-ring (bicyclic) bond motifs is 1. The number of hydrogen-bond donors (Lipinski definition) is 1. The van der Waals surface area contributed by atoms with Crippen LogP contribution in [0.1, 0.15) is 17.8 Å². The van der Waals surface area contributed by atoms with Crippen molar-refractivity contribution in [2.45, 2.75) is 19.3 Å². The molecule has 1 N–H and O–H groups in total. The smallest absolute Gasteiger partial charge is 0.306 e. The first-order chi connectivity index (χ1) is 13.5. The Labute approximate surface area is 164 Å². The molecular formula is C19H17N3O5S. The molecule has 1 aromatic heterocycles. The molecule has 0 saturated carbocycles. The molecular weight excluding hydrogens is 382 g/mol. The van der Waals surface area contributed by atoms with E-state index in [4.69, 9.17) is 4.74 Å². The van der Waals surface area contributed by atoms with E-state index in [-0.39, 0.29) is 17.8 Å². The minimum atomic E-state index is -0.556. The van der Waals surface area contributed by atoms with Gasteiger partial charge in [-0.2, -0.15) is 0 Å². The number of benzene rings is 2. The molecule has 3 aromatic rings. The Morgan fingerprint density at radius 3 is 2.79 bits per heavy atom. The number of nitrogens with one attached hydrogen (secondary N) is 1. The minimum absolute atomic E-state index is 0.135. The van der Waals surface area contributed by atoms with E-state index in [9.17, 15) is 19.7 Å². The highest BCUT2D eigenvalue weighted by Gasteiger charge is 2.11. The highest BCUT2D eigenvalue weighted by molar-refractivity contribution is 7.18. The van der Waals surface area contributed by atoms with Gasteiger partial charge >= 0.3 is 5.97 Å². The second-order valence-corrected chi connectivity index (χ2v) is 7.06. The minimum Gasteiger partial charge on any atom is -0.456 e. The van der Waals surface area contributed by atoms with Crippen LogP contribution in [0.4, 0.5) is 11.4 Å². The molecule has 0 atom stereocenters. The van der Waals surface area contributed by atoms with Crippen LogP contribution >= 0.6 is 11.3 Å². The van der Waals surface area contributed by atoms with Crippen molar-refractivity contribution >= 4 is 44.8 Å². The SMILES string of the molecule is O=C(COC(=O)CCCc1nc2ccccc2s1)Nc1cccc([N+](=O)[O-])c1. The van der Waals surface area contributed by atoms with Crippen molar-refractivity contribution in [2.75, 3.05) is 11.9 Å². The Balaban J connectivity index is 1.39. The van der Waals surface area contributed by atoms with Crippen LogP contribution in [0.2, 0.25) is 0 Å². The van der Waals surface area contributed by atoms with Crippen LogP contribution in [0.3, 0.4) is 0 Å². The second kappa shape index (κ2) is 9.05. The molecule has 28 heavy (non-hydrogen) atoms. The van der Waals surface area contributed by atoms with Crippen LogP contribution in [0.25, 0.3) is 10.2 Å². The maximum atomic E-state index is 11.8. The molecule has 8 nitrogen and oxygen atoms in total. The number of aryl methyl sites for hydroxylation is 1. The van der Waals surface area contributed by atoms with E-state index in [2.05, 4.69) is 10.3 Å². The number of hydrogen-bond acceptors (Lipinski definition) is 7. The Morgan fingerprint density at radius 1 is 1.18 bits per heavy atom. The summed E-state index contributed by atoms with van der Waals surface area (Å²) >= 11 is 1.60. The van der Waals surface area contributed by atoms with Gasteiger partial charge in [0.15, 0.2) is 6.61 Å². The van der Waals surface area contributed by atoms with Gasteiger partial charge in [0.1, 0.15) is 0 Å². The number of thiazole rings is 1. The molecule has 3 rings (SSSR count). The molecule has 0 aliphatic rings. The number of ether oxygens (including phenoxy) is 1. The van der Waals surface area contributed by atoms with Gasteiger partial charge in [0.25, 0.3) is 11.6 Å². The van der Waals surface area contributed by atoms with Crippen LogP contribution in [0.5, 0.6) is 0 Å². The number of aromatic nitrogens is 1. The fraction of sp³-hybridized carbons (Fsp3) is 0.211. The number of nitrogens with zero attached hydrogens (tertiary/aromatic N) is 2. The van der Waals surface area contributed by atoms with E-state index in [1.807, 2.05) is 24.3 Å². The van der Waals surface area contributed by atoms with Crippen LogP contribution < -0.4 is 5.32 Å². The molecule has 144 valence electrons. The number of nitro benzene ring substituents is 1. The number of amides is 1. The highest BCUT2D eigenvalue weighted by atomic mass is 32.1. The largest absolute Gasteiger partial charge is 0.456 e. The molecule has 0 bridgehead atoms. The molecule has 1 heterocycles. The van der Waals surface area contributed by atoms with Crippen LogP contribution in [0, 0.1) is 10.1 Å². The van der Waals surface area contributed by atoms with Crippen molar-refractivity contribution in [3.8, 4) is 0 Å². The van der Waals surface area contributed by atoms with Crippen LogP contribution in [-0.4, -0.2) is 28.4 Å². The first kappa shape index (κ1) is 19.4. The zero-order valence-corrected chi connectivity index (χ0v) is 15.6. The summed E-state index contributed by atoms with van der Waals surface area (Å²) in [7, 11) is 0. The summed E-state index contributed by atoms with van der Waals surface area (Å²) in [6.07, 6.45) is 1.42. The fourth-order valence-electron chi connectivity index (χ4n) is 2.52. The zero-order valence-electron chi connectivity index (χ0n) is 14.8. The molecule has 0 aliphatic heterocycles. The molecule has 2 aromatic carbocycles. The Morgan fingerprint density at radius 2 is 2.00 bits per heavy atom. The predicted octanol–water partition coefficient (Wildman–Crippen LogP) is 3.71. The zero-order chi connectivity index (χ0) is 19.9. The van der Waals surface area contributed by atoms with E-state index in [0.717, 1.165) is 15.2 Å². The number of nitro groups is 1. The Kier molecular flexibility index (Phi) is 6.28. The summed E-state index contributed by atoms with van der Waals surface area (Å²) in [6, 6.07) is 13.4. The number of carbonyl (C=O) groups is 2. The summed E-state index contributed by atoms with van der Waals surface area (Å²) in [5.74, 6) is -1.03. The van der Waals surface area contributed by atoms with Gasteiger partial charge in [-0.25, -0.2) is 4.98 Å². The lowest BCUT2D eigenvalue weighted by Crippen LogP contribution is -2.20. The highest BCUT2D eigenvalue weighted by Crippen LogP contribution is 2.22. The maximum absolute atomic E-state index is 11.8. The third-order valence-corrected chi connectivity index (χ3v) is 4.91. The van der Waals surface area contributed by atoms with Gasteiger partial charge in [-0.15, -0.1) is 11.3 Å². The van der Waals surface area contributed by atoms with Gasteiger partial charge in [-0.3, -0.25) is 19.7 Å². The third kappa shape index (κ3) is 5.34. The number of esters is 1. The first-order valence-corrected chi connectivity index (χ1v) is 9.37. The number of anilines is 1. The van der Waals surface area contributed by atoms with Gasteiger partial charge < -0.3 is 10.1 Å². The van der Waals surface area contributed by atoms with Gasteiger partial charge in [-0.1, -0.05) is 18.2 Å². The summed E-state index contributed by atoms with van der Waals surface area (Å²) in [6.45, 7) is -0.442. The summed E-state index contributed by atoms with van der Waals surface area (Å²) in [5, 5.41) is 14.1. The molecule has 0 aliphatic carbocycles. The van der Waals surface area contributed by atoms with E-state index in [1.165, 1.54) is 24.3 Å². The monoisotopic (exact) mass is 399 g/mol. The summed E-state index contributed by atoms with van der Waals surface area (Å²) in [4.78, 5) is 38.3. The second-order valence-electron chi connectivity index (χ2n) is 5.95. The molecule has 0 unspecified atom stereocenters. The van der Waals surface area contributed by atoms with E-state index < -0.39 is 23.4 Å². The quantitative estimate of drug-likeness (QED) is 0.351.